The number of hydrogen-bond donors (Lipinski definition) is 3. The monoisotopic (exact) mass is 282 g/mol. The lowest BCUT2D eigenvalue weighted by molar-refractivity contribution is 0.0697. The van der Waals surface area contributed by atoms with Crippen molar-refractivity contribution in [3.63, 3.8) is 0 Å². The third kappa shape index (κ3) is 4.22. The lowest BCUT2D eigenvalue weighted by atomic mass is 9.98. The molecule has 3 N–H and O–H groups in total. The standard InChI is InChI=1S/C14H19FN2O3/c1-8(2)9(3)7-16-14(20)17-12-10(13(18)19)5-4-6-11(12)15/h4-6,8-9H,7H2,1-3H3,(H,18,19)(H2,16,17,20). The van der Waals surface area contributed by atoms with Crippen LogP contribution in [0, 0.1) is 17.7 Å². The van der Waals surface area contributed by atoms with E-state index in [4.69, 9.17) is 5.11 Å². The fourth-order valence-corrected chi connectivity index (χ4v) is 1.48. The average molecular weight is 282 g/mol. The van der Waals surface area contributed by atoms with Crippen molar-refractivity contribution in [2.75, 3.05) is 11.9 Å². The number of carbonyl (C=O) groups is 2. The number of anilines is 1. The Labute approximate surface area is 117 Å². The number of carboxylic acids is 1. The minimum atomic E-state index is -1.30. The second-order valence-corrected chi connectivity index (χ2v) is 5.02. The van der Waals surface area contributed by atoms with Gasteiger partial charge in [0.05, 0.1) is 11.3 Å². The minimum absolute atomic E-state index is 0.264. The van der Waals surface area contributed by atoms with Gasteiger partial charge in [0.1, 0.15) is 5.82 Å². The molecule has 1 aromatic rings. The van der Waals surface area contributed by atoms with E-state index in [1.165, 1.54) is 12.1 Å². The molecule has 1 aromatic carbocycles. The van der Waals surface area contributed by atoms with E-state index in [2.05, 4.69) is 10.6 Å². The molecule has 0 bridgehead atoms. The summed E-state index contributed by atoms with van der Waals surface area (Å²) < 4.78 is 13.6. The Hall–Kier alpha value is -2.11. The van der Waals surface area contributed by atoms with E-state index in [0.717, 1.165) is 6.07 Å². The Morgan fingerprint density at radius 1 is 1.30 bits per heavy atom. The van der Waals surface area contributed by atoms with Crippen LogP contribution in [-0.2, 0) is 0 Å². The molecule has 0 spiro atoms. The molecular formula is C14H19FN2O3. The Morgan fingerprint density at radius 3 is 2.50 bits per heavy atom. The number of aromatic carboxylic acids is 1. The van der Waals surface area contributed by atoms with Crippen LogP contribution in [0.5, 0.6) is 0 Å². The van der Waals surface area contributed by atoms with Crippen LogP contribution in [0.2, 0.25) is 0 Å². The summed E-state index contributed by atoms with van der Waals surface area (Å²) in [6, 6.07) is 2.99. The van der Waals surface area contributed by atoms with Crippen LogP contribution < -0.4 is 10.6 Å². The van der Waals surface area contributed by atoms with Gasteiger partial charge in [-0.3, -0.25) is 0 Å². The lowest BCUT2D eigenvalue weighted by Crippen LogP contribution is -2.34. The summed E-state index contributed by atoms with van der Waals surface area (Å²) in [7, 11) is 0. The molecule has 0 fully saturated rings. The predicted molar refractivity (Wildman–Crippen MR) is 74.4 cm³/mol. The van der Waals surface area contributed by atoms with E-state index in [9.17, 15) is 14.0 Å². The van der Waals surface area contributed by atoms with E-state index >= 15 is 0 Å². The Bertz CT molecular complexity index is 503. The topological polar surface area (TPSA) is 78.4 Å². The number of carbonyl (C=O) groups excluding carboxylic acids is 1. The van der Waals surface area contributed by atoms with E-state index < -0.39 is 17.8 Å². The van der Waals surface area contributed by atoms with Crippen LogP contribution >= 0.6 is 0 Å². The largest absolute Gasteiger partial charge is 0.478 e. The number of hydrogen-bond acceptors (Lipinski definition) is 2. The van der Waals surface area contributed by atoms with Gasteiger partial charge in [-0.05, 0) is 24.0 Å². The minimum Gasteiger partial charge on any atom is -0.478 e. The van der Waals surface area contributed by atoms with Gasteiger partial charge in [-0.2, -0.15) is 0 Å². The normalized spacial score (nSPS) is 12.1. The summed E-state index contributed by atoms with van der Waals surface area (Å²) in [6.07, 6.45) is 0. The molecule has 0 aliphatic carbocycles. The number of carboxylic acid groups (broad SMARTS) is 1. The van der Waals surface area contributed by atoms with Gasteiger partial charge in [-0.1, -0.05) is 26.8 Å². The molecule has 110 valence electrons. The Morgan fingerprint density at radius 2 is 1.95 bits per heavy atom. The molecule has 0 aromatic heterocycles. The summed E-state index contributed by atoms with van der Waals surface area (Å²) in [5.41, 5.74) is -0.605. The zero-order valence-electron chi connectivity index (χ0n) is 11.7. The van der Waals surface area contributed by atoms with Crippen molar-refractivity contribution in [3.8, 4) is 0 Å². The van der Waals surface area contributed by atoms with Gasteiger partial charge in [0, 0.05) is 6.54 Å². The van der Waals surface area contributed by atoms with Crippen molar-refractivity contribution in [3.05, 3.63) is 29.6 Å². The average Bonchev–Trinajstić information content (AvgIpc) is 2.37. The second kappa shape index (κ2) is 6.88. The van der Waals surface area contributed by atoms with Gasteiger partial charge in [0.15, 0.2) is 0 Å². The summed E-state index contributed by atoms with van der Waals surface area (Å²) in [5, 5.41) is 13.8. The molecule has 1 unspecified atom stereocenters. The maximum Gasteiger partial charge on any atom is 0.337 e. The van der Waals surface area contributed by atoms with Crippen LogP contribution in [0.25, 0.3) is 0 Å². The SMILES string of the molecule is CC(C)C(C)CNC(=O)Nc1c(F)cccc1C(=O)O. The zero-order chi connectivity index (χ0) is 15.3. The van der Waals surface area contributed by atoms with Crippen molar-refractivity contribution in [2.24, 2.45) is 11.8 Å². The fourth-order valence-electron chi connectivity index (χ4n) is 1.48. The van der Waals surface area contributed by atoms with Gasteiger partial charge in [-0.15, -0.1) is 0 Å². The summed E-state index contributed by atoms with van der Waals surface area (Å²) in [4.78, 5) is 22.7. The second-order valence-electron chi connectivity index (χ2n) is 5.02. The van der Waals surface area contributed by atoms with Crippen molar-refractivity contribution in [1.29, 1.82) is 0 Å². The van der Waals surface area contributed by atoms with Gasteiger partial charge in [0.2, 0.25) is 0 Å². The van der Waals surface area contributed by atoms with E-state index in [1.54, 1.807) is 0 Å². The summed E-state index contributed by atoms with van der Waals surface area (Å²) in [5.74, 6) is -1.41. The molecule has 1 rings (SSSR count). The molecule has 5 nitrogen and oxygen atoms in total. The highest BCUT2D eigenvalue weighted by atomic mass is 19.1. The lowest BCUT2D eigenvalue weighted by Gasteiger charge is -2.17. The van der Waals surface area contributed by atoms with Gasteiger partial charge >= 0.3 is 12.0 Å². The molecule has 0 aliphatic rings. The summed E-state index contributed by atoms with van der Waals surface area (Å²) >= 11 is 0. The quantitative estimate of drug-likeness (QED) is 0.777. The Balaban J connectivity index is 2.74. The highest BCUT2D eigenvalue weighted by Crippen LogP contribution is 2.19. The first-order chi connectivity index (χ1) is 9.32. The van der Waals surface area contributed by atoms with Crippen LogP contribution in [0.1, 0.15) is 31.1 Å². The number of halogens is 1. The molecule has 6 heteroatoms. The summed E-state index contributed by atoms with van der Waals surface area (Å²) in [6.45, 7) is 6.48. The predicted octanol–water partition coefficient (Wildman–Crippen LogP) is 2.94. The number of urea groups is 1. The maximum atomic E-state index is 13.6. The number of benzene rings is 1. The Kier molecular flexibility index (Phi) is 5.49. The fraction of sp³-hybridized carbons (Fsp3) is 0.429. The number of amides is 2. The number of para-hydroxylation sites is 1. The highest BCUT2D eigenvalue weighted by Gasteiger charge is 2.17. The molecule has 1 atom stereocenters. The first-order valence-electron chi connectivity index (χ1n) is 6.39. The van der Waals surface area contributed by atoms with E-state index in [1.807, 2.05) is 20.8 Å². The van der Waals surface area contributed by atoms with E-state index in [-0.39, 0.29) is 17.2 Å². The van der Waals surface area contributed by atoms with E-state index in [0.29, 0.717) is 12.5 Å². The molecule has 0 saturated carbocycles. The molecular weight excluding hydrogens is 263 g/mol. The smallest absolute Gasteiger partial charge is 0.337 e. The molecule has 0 radical (unpaired) electrons. The molecule has 0 heterocycles. The van der Waals surface area contributed by atoms with Crippen molar-refractivity contribution < 1.29 is 19.1 Å². The molecule has 0 saturated heterocycles. The molecule has 2 amide bonds. The first kappa shape index (κ1) is 15.9. The van der Waals surface area contributed by atoms with Crippen molar-refractivity contribution in [1.82, 2.24) is 5.32 Å². The first-order valence-corrected chi connectivity index (χ1v) is 6.39. The zero-order valence-corrected chi connectivity index (χ0v) is 11.7. The number of rotatable bonds is 5. The molecule has 0 aliphatic heterocycles. The van der Waals surface area contributed by atoms with Gasteiger partial charge < -0.3 is 15.7 Å². The third-order valence-electron chi connectivity index (χ3n) is 3.21. The third-order valence-corrected chi connectivity index (χ3v) is 3.21. The van der Waals surface area contributed by atoms with Gasteiger partial charge in [-0.25, -0.2) is 14.0 Å². The van der Waals surface area contributed by atoms with Crippen molar-refractivity contribution in [2.45, 2.75) is 20.8 Å². The van der Waals surface area contributed by atoms with Crippen LogP contribution in [0.15, 0.2) is 18.2 Å². The van der Waals surface area contributed by atoms with Crippen LogP contribution in [0.4, 0.5) is 14.9 Å². The van der Waals surface area contributed by atoms with Crippen molar-refractivity contribution >= 4 is 17.7 Å². The highest BCUT2D eigenvalue weighted by molar-refractivity contribution is 6.00. The maximum absolute atomic E-state index is 13.6. The van der Waals surface area contributed by atoms with Crippen LogP contribution in [-0.4, -0.2) is 23.7 Å². The van der Waals surface area contributed by atoms with Gasteiger partial charge in [0.25, 0.3) is 0 Å². The molecule has 20 heavy (non-hydrogen) atoms. The van der Waals surface area contributed by atoms with Crippen LogP contribution in [0.3, 0.4) is 0 Å². The number of nitrogens with one attached hydrogen (secondary N) is 2.